The number of benzene rings is 2. The molecular weight excluding hydrogens is 370 g/mol. The highest BCUT2D eigenvalue weighted by atomic mass is 19.1. The fourth-order valence-corrected chi connectivity index (χ4v) is 2.91. The molecule has 0 bridgehead atoms. The topological polar surface area (TPSA) is 59.1 Å². The van der Waals surface area contributed by atoms with Crippen LogP contribution in [-0.4, -0.2) is 50.3 Å². The lowest BCUT2D eigenvalue weighted by Gasteiger charge is -2.33. The molecule has 0 unspecified atom stereocenters. The number of morpholine rings is 1. The summed E-state index contributed by atoms with van der Waals surface area (Å²) in [5.74, 6) is -1.72. The van der Waals surface area contributed by atoms with E-state index in [4.69, 9.17) is 4.74 Å². The van der Waals surface area contributed by atoms with Gasteiger partial charge in [0.2, 0.25) is 0 Å². The minimum atomic E-state index is -0.648. The van der Waals surface area contributed by atoms with Crippen LogP contribution in [0.3, 0.4) is 0 Å². The van der Waals surface area contributed by atoms with Crippen molar-refractivity contribution < 1.29 is 27.8 Å². The van der Waals surface area contributed by atoms with Crippen LogP contribution in [-0.2, 0) is 16.0 Å². The van der Waals surface area contributed by atoms with Crippen LogP contribution >= 0.6 is 0 Å². The Morgan fingerprint density at radius 1 is 1.11 bits per heavy atom. The molecule has 28 heavy (non-hydrogen) atoms. The van der Waals surface area contributed by atoms with Crippen LogP contribution in [0, 0.1) is 11.6 Å². The van der Waals surface area contributed by atoms with Crippen molar-refractivity contribution in [2.75, 3.05) is 38.3 Å². The molecule has 0 saturated carbocycles. The van der Waals surface area contributed by atoms with E-state index in [1.807, 2.05) is 0 Å². The minimum absolute atomic E-state index is 0.0743. The quantitative estimate of drug-likeness (QED) is 0.753. The first-order valence-corrected chi connectivity index (χ1v) is 8.76. The molecule has 148 valence electrons. The van der Waals surface area contributed by atoms with Crippen LogP contribution in [0.15, 0.2) is 42.5 Å². The number of methoxy groups -OCH3 is 1. The average Bonchev–Trinajstić information content (AvgIpc) is 2.73. The number of rotatable bonds is 4. The van der Waals surface area contributed by atoms with Crippen molar-refractivity contribution in [1.29, 1.82) is 0 Å². The SMILES string of the molecule is COC(=O)c1ccc(CN(C(=O)N2CCOCC2)c2ccc(F)cc2)c(F)c1. The molecule has 1 fully saturated rings. The summed E-state index contributed by atoms with van der Waals surface area (Å²) in [6.45, 7) is 1.60. The van der Waals surface area contributed by atoms with Crippen molar-refractivity contribution in [3.63, 3.8) is 0 Å². The molecule has 1 aliphatic heterocycles. The average molecular weight is 390 g/mol. The van der Waals surface area contributed by atoms with E-state index in [0.717, 1.165) is 6.07 Å². The zero-order valence-corrected chi connectivity index (χ0v) is 15.4. The number of ether oxygens (including phenoxy) is 2. The molecule has 1 saturated heterocycles. The summed E-state index contributed by atoms with van der Waals surface area (Å²) in [7, 11) is 1.21. The second-order valence-electron chi connectivity index (χ2n) is 6.24. The highest BCUT2D eigenvalue weighted by molar-refractivity contribution is 5.92. The number of halogens is 2. The van der Waals surface area contributed by atoms with Crippen molar-refractivity contribution in [3.8, 4) is 0 Å². The van der Waals surface area contributed by atoms with Gasteiger partial charge in [-0.2, -0.15) is 0 Å². The van der Waals surface area contributed by atoms with Gasteiger partial charge in [-0.1, -0.05) is 6.07 Å². The summed E-state index contributed by atoms with van der Waals surface area (Å²) in [5, 5.41) is 0. The summed E-state index contributed by atoms with van der Waals surface area (Å²) in [6.07, 6.45) is 0. The molecule has 0 atom stereocenters. The third kappa shape index (κ3) is 4.45. The van der Waals surface area contributed by atoms with Gasteiger partial charge in [-0.15, -0.1) is 0 Å². The van der Waals surface area contributed by atoms with E-state index < -0.39 is 17.6 Å². The molecule has 0 N–H and O–H groups in total. The molecule has 1 aliphatic rings. The summed E-state index contributed by atoms with van der Waals surface area (Å²) in [4.78, 5) is 27.6. The zero-order chi connectivity index (χ0) is 20.1. The summed E-state index contributed by atoms with van der Waals surface area (Å²) in [6, 6.07) is 9.03. The molecule has 8 heteroatoms. The molecule has 0 aromatic heterocycles. The first-order chi connectivity index (χ1) is 13.5. The van der Waals surface area contributed by atoms with E-state index in [2.05, 4.69) is 4.74 Å². The number of carbonyl (C=O) groups excluding carboxylic acids is 2. The van der Waals surface area contributed by atoms with Gasteiger partial charge in [-0.3, -0.25) is 4.90 Å². The fourth-order valence-electron chi connectivity index (χ4n) is 2.91. The van der Waals surface area contributed by atoms with Crippen LogP contribution in [0.25, 0.3) is 0 Å². The van der Waals surface area contributed by atoms with Crippen LogP contribution in [0.2, 0.25) is 0 Å². The molecule has 2 amide bonds. The molecule has 2 aromatic carbocycles. The molecule has 0 aliphatic carbocycles. The maximum absolute atomic E-state index is 14.6. The standard InChI is InChI=1S/C20H20F2N2O4/c1-27-19(25)14-2-3-15(18(22)12-14)13-24(17-6-4-16(21)5-7-17)20(26)23-8-10-28-11-9-23/h2-7,12H,8-11,13H2,1H3. The number of nitrogens with zero attached hydrogens (tertiary/aromatic N) is 2. The van der Waals surface area contributed by atoms with E-state index in [9.17, 15) is 18.4 Å². The number of carbonyl (C=O) groups is 2. The fraction of sp³-hybridized carbons (Fsp3) is 0.300. The van der Waals surface area contributed by atoms with Crippen molar-refractivity contribution >= 4 is 17.7 Å². The molecule has 0 radical (unpaired) electrons. The Balaban J connectivity index is 1.89. The lowest BCUT2D eigenvalue weighted by Crippen LogP contribution is -2.48. The first-order valence-electron chi connectivity index (χ1n) is 8.76. The highest BCUT2D eigenvalue weighted by Crippen LogP contribution is 2.22. The maximum Gasteiger partial charge on any atom is 0.337 e. The van der Waals surface area contributed by atoms with Crippen LogP contribution in [0.1, 0.15) is 15.9 Å². The Morgan fingerprint density at radius 3 is 2.39 bits per heavy atom. The number of amides is 2. The summed E-state index contributed by atoms with van der Waals surface area (Å²) < 4.78 is 37.7. The molecule has 3 rings (SSSR count). The Morgan fingerprint density at radius 2 is 1.79 bits per heavy atom. The van der Waals surface area contributed by atoms with E-state index in [-0.39, 0.29) is 23.7 Å². The van der Waals surface area contributed by atoms with Crippen molar-refractivity contribution in [2.24, 2.45) is 0 Å². The van der Waals surface area contributed by atoms with Crippen molar-refractivity contribution in [2.45, 2.75) is 6.54 Å². The van der Waals surface area contributed by atoms with E-state index in [1.54, 1.807) is 4.90 Å². The smallest absolute Gasteiger partial charge is 0.337 e. The summed E-state index contributed by atoms with van der Waals surface area (Å²) in [5.41, 5.74) is 0.740. The van der Waals surface area contributed by atoms with Crippen molar-refractivity contribution in [3.05, 3.63) is 65.2 Å². The van der Waals surface area contributed by atoms with Gasteiger partial charge in [0.15, 0.2) is 0 Å². The second-order valence-corrected chi connectivity index (χ2v) is 6.24. The number of anilines is 1. The first kappa shape index (κ1) is 19.8. The largest absolute Gasteiger partial charge is 0.465 e. The highest BCUT2D eigenvalue weighted by Gasteiger charge is 2.25. The van der Waals surface area contributed by atoms with Gasteiger partial charge in [0.05, 0.1) is 32.4 Å². The van der Waals surface area contributed by atoms with E-state index in [1.165, 1.54) is 48.4 Å². The lowest BCUT2D eigenvalue weighted by molar-refractivity contribution is 0.0548. The van der Waals surface area contributed by atoms with Crippen LogP contribution < -0.4 is 4.90 Å². The van der Waals surface area contributed by atoms with Gasteiger partial charge in [0.1, 0.15) is 11.6 Å². The third-order valence-electron chi connectivity index (χ3n) is 4.45. The Labute approximate surface area is 161 Å². The Bertz CT molecular complexity index is 852. The number of hydrogen-bond donors (Lipinski definition) is 0. The Kier molecular flexibility index (Phi) is 6.20. The van der Waals surface area contributed by atoms with Crippen LogP contribution in [0.4, 0.5) is 19.3 Å². The van der Waals surface area contributed by atoms with Crippen molar-refractivity contribution in [1.82, 2.24) is 4.90 Å². The molecule has 2 aromatic rings. The normalized spacial score (nSPS) is 13.9. The second kappa shape index (κ2) is 8.79. The predicted molar refractivity (Wildman–Crippen MR) is 98.1 cm³/mol. The van der Waals surface area contributed by atoms with Gasteiger partial charge in [-0.05, 0) is 36.4 Å². The van der Waals surface area contributed by atoms with Gasteiger partial charge in [-0.25, -0.2) is 18.4 Å². The minimum Gasteiger partial charge on any atom is -0.465 e. The summed E-state index contributed by atoms with van der Waals surface area (Å²) >= 11 is 0. The lowest BCUT2D eigenvalue weighted by atomic mass is 10.1. The number of urea groups is 1. The monoisotopic (exact) mass is 390 g/mol. The molecule has 0 spiro atoms. The van der Waals surface area contributed by atoms with Gasteiger partial charge in [0.25, 0.3) is 0 Å². The van der Waals surface area contributed by atoms with Crippen LogP contribution in [0.5, 0.6) is 0 Å². The van der Waals surface area contributed by atoms with Gasteiger partial charge in [0, 0.05) is 24.3 Å². The Hall–Kier alpha value is -3.00. The van der Waals surface area contributed by atoms with E-state index in [0.29, 0.717) is 32.0 Å². The molecule has 1 heterocycles. The van der Waals surface area contributed by atoms with Gasteiger partial charge >= 0.3 is 12.0 Å². The molecule has 6 nitrogen and oxygen atoms in total. The zero-order valence-electron chi connectivity index (χ0n) is 15.4. The molecular formula is C20H20F2N2O4. The van der Waals surface area contributed by atoms with E-state index >= 15 is 0 Å². The number of esters is 1. The van der Waals surface area contributed by atoms with Gasteiger partial charge < -0.3 is 14.4 Å². The number of hydrogen-bond acceptors (Lipinski definition) is 4. The predicted octanol–water partition coefficient (Wildman–Crippen LogP) is 3.21. The third-order valence-corrected chi connectivity index (χ3v) is 4.45. The maximum atomic E-state index is 14.6.